The lowest BCUT2D eigenvalue weighted by Gasteiger charge is -2.29. The first-order valence-electron chi connectivity index (χ1n) is 7.50. The number of rotatable bonds is 2. The quantitative estimate of drug-likeness (QED) is 0.835. The average molecular weight is 288 g/mol. The van der Waals surface area contributed by atoms with Crippen molar-refractivity contribution in [1.29, 1.82) is 0 Å². The van der Waals surface area contributed by atoms with E-state index in [-0.39, 0.29) is 5.91 Å². The summed E-state index contributed by atoms with van der Waals surface area (Å²) in [4.78, 5) is 19.7. The number of hydrogen-bond acceptors (Lipinski definition) is 2. The minimum absolute atomic E-state index is 0.0219. The van der Waals surface area contributed by atoms with E-state index in [4.69, 9.17) is 0 Å². The molecule has 3 nitrogen and oxygen atoms in total. The maximum absolute atomic E-state index is 13.3. The molecule has 0 radical (unpaired) electrons. The number of hydrogen-bond donors (Lipinski definition) is 0. The second kappa shape index (κ2) is 4.95. The first kappa shape index (κ1) is 13.0. The molecule has 2 aliphatic heterocycles. The maximum atomic E-state index is 13.3. The molecule has 0 saturated heterocycles. The van der Waals surface area contributed by atoms with Gasteiger partial charge in [0.25, 0.3) is 5.91 Å². The summed E-state index contributed by atoms with van der Waals surface area (Å²) in [5, 5.41) is 0. The van der Waals surface area contributed by atoms with Crippen LogP contribution >= 0.6 is 0 Å². The number of nitrogens with zero attached hydrogens (tertiary/aromatic N) is 2. The van der Waals surface area contributed by atoms with E-state index in [1.807, 2.05) is 65.6 Å². The molecule has 0 N–H and O–H groups in total. The second-order valence-electron chi connectivity index (χ2n) is 5.61. The van der Waals surface area contributed by atoms with Gasteiger partial charge in [-0.2, -0.15) is 0 Å². The summed E-state index contributed by atoms with van der Waals surface area (Å²) in [7, 11) is 0. The van der Waals surface area contributed by atoms with Crippen LogP contribution in [0.5, 0.6) is 0 Å². The van der Waals surface area contributed by atoms with Crippen molar-refractivity contribution in [2.75, 3.05) is 11.4 Å². The Morgan fingerprint density at radius 3 is 2.59 bits per heavy atom. The van der Waals surface area contributed by atoms with Crippen molar-refractivity contribution >= 4 is 17.8 Å². The van der Waals surface area contributed by atoms with E-state index in [9.17, 15) is 4.79 Å². The number of allylic oxidation sites excluding steroid dienone is 1. The number of fused-ring (bicyclic) bond motifs is 1. The van der Waals surface area contributed by atoms with Crippen LogP contribution in [0, 0.1) is 0 Å². The van der Waals surface area contributed by atoms with Crippen LogP contribution in [-0.2, 0) is 16.8 Å². The third-order valence-corrected chi connectivity index (χ3v) is 4.37. The van der Waals surface area contributed by atoms with Crippen molar-refractivity contribution in [3.8, 4) is 0 Å². The third-order valence-electron chi connectivity index (χ3n) is 4.37. The first-order chi connectivity index (χ1) is 10.8. The van der Waals surface area contributed by atoms with Crippen LogP contribution in [0.3, 0.4) is 0 Å². The molecule has 0 aliphatic carbocycles. The van der Waals surface area contributed by atoms with Gasteiger partial charge in [0.15, 0.2) is 5.54 Å². The topological polar surface area (TPSA) is 32.7 Å². The van der Waals surface area contributed by atoms with Gasteiger partial charge in [-0.1, -0.05) is 48.5 Å². The van der Waals surface area contributed by atoms with Gasteiger partial charge in [-0.3, -0.25) is 9.79 Å². The van der Waals surface area contributed by atoms with Crippen LogP contribution in [0.1, 0.15) is 11.1 Å². The zero-order valence-electron chi connectivity index (χ0n) is 12.1. The van der Waals surface area contributed by atoms with Crippen molar-refractivity contribution in [3.05, 3.63) is 77.9 Å². The molecule has 2 heterocycles. The van der Waals surface area contributed by atoms with E-state index in [0.717, 1.165) is 24.2 Å². The smallest absolute Gasteiger partial charge is 0.263 e. The van der Waals surface area contributed by atoms with E-state index in [2.05, 4.69) is 11.1 Å². The molecular formula is C19H16N2O. The molecule has 0 aromatic heterocycles. The highest BCUT2D eigenvalue weighted by Gasteiger charge is 2.43. The van der Waals surface area contributed by atoms with E-state index in [1.54, 1.807) is 6.21 Å². The normalized spacial score (nSPS) is 22.1. The highest BCUT2D eigenvalue weighted by atomic mass is 16.2. The molecule has 22 heavy (non-hydrogen) atoms. The molecule has 0 bridgehead atoms. The molecule has 2 aromatic rings. The summed E-state index contributed by atoms with van der Waals surface area (Å²) >= 11 is 0. The van der Waals surface area contributed by atoms with E-state index in [0.29, 0.717) is 0 Å². The van der Waals surface area contributed by atoms with Crippen molar-refractivity contribution < 1.29 is 4.79 Å². The van der Waals surface area contributed by atoms with Crippen LogP contribution in [0.15, 0.2) is 71.7 Å². The SMILES string of the molecule is O=C(N1CCc2ccccc21)C1(c2ccccc2)C=CC=N1. The molecule has 1 atom stereocenters. The Bertz CT molecular complexity index is 765. The van der Waals surface area contributed by atoms with Crippen LogP contribution in [0.2, 0.25) is 0 Å². The lowest BCUT2D eigenvalue weighted by molar-refractivity contribution is -0.122. The number of anilines is 1. The van der Waals surface area contributed by atoms with E-state index < -0.39 is 5.54 Å². The fourth-order valence-electron chi connectivity index (χ4n) is 3.25. The minimum atomic E-state index is -0.918. The number of carbonyl (C=O) groups excluding carboxylic acids is 1. The van der Waals surface area contributed by atoms with Gasteiger partial charge in [0.05, 0.1) is 0 Å². The average Bonchev–Trinajstić information content (AvgIpc) is 3.23. The molecule has 0 saturated carbocycles. The Balaban J connectivity index is 1.78. The Hall–Kier alpha value is -2.68. The lowest BCUT2D eigenvalue weighted by Crippen LogP contribution is -2.43. The largest absolute Gasteiger partial charge is 0.309 e. The van der Waals surface area contributed by atoms with E-state index in [1.165, 1.54) is 5.56 Å². The highest BCUT2D eigenvalue weighted by molar-refractivity contribution is 6.06. The number of amides is 1. The predicted octanol–water partition coefficient (Wildman–Crippen LogP) is 3.11. The number of carbonyl (C=O) groups is 1. The van der Waals surface area contributed by atoms with Gasteiger partial charge in [0.1, 0.15) is 0 Å². The molecule has 4 rings (SSSR count). The third kappa shape index (κ3) is 1.82. The van der Waals surface area contributed by atoms with Gasteiger partial charge in [0, 0.05) is 18.4 Å². The van der Waals surface area contributed by atoms with Crippen LogP contribution in [-0.4, -0.2) is 18.7 Å². The molecule has 1 amide bonds. The van der Waals surface area contributed by atoms with E-state index >= 15 is 0 Å². The molecule has 108 valence electrons. The first-order valence-corrected chi connectivity index (χ1v) is 7.50. The molecule has 3 heteroatoms. The van der Waals surface area contributed by atoms with Crippen LogP contribution < -0.4 is 4.90 Å². The monoisotopic (exact) mass is 288 g/mol. The molecule has 0 fully saturated rings. The maximum Gasteiger partial charge on any atom is 0.263 e. The summed E-state index contributed by atoms with van der Waals surface area (Å²) in [5.74, 6) is 0.0219. The van der Waals surface area contributed by atoms with Gasteiger partial charge in [0.2, 0.25) is 0 Å². The summed E-state index contributed by atoms with van der Waals surface area (Å²) in [6, 6.07) is 17.9. The van der Waals surface area contributed by atoms with Gasteiger partial charge >= 0.3 is 0 Å². The second-order valence-corrected chi connectivity index (χ2v) is 5.61. The Kier molecular flexibility index (Phi) is 2.93. The van der Waals surface area contributed by atoms with Crippen molar-refractivity contribution in [3.63, 3.8) is 0 Å². The van der Waals surface area contributed by atoms with Gasteiger partial charge in [-0.25, -0.2) is 0 Å². The van der Waals surface area contributed by atoms with Crippen LogP contribution in [0.25, 0.3) is 0 Å². The number of benzene rings is 2. The number of para-hydroxylation sites is 1. The summed E-state index contributed by atoms with van der Waals surface area (Å²) in [5.41, 5.74) is 2.23. The Morgan fingerprint density at radius 2 is 1.82 bits per heavy atom. The summed E-state index contributed by atoms with van der Waals surface area (Å²) in [6.45, 7) is 0.718. The minimum Gasteiger partial charge on any atom is -0.309 e. The predicted molar refractivity (Wildman–Crippen MR) is 88.3 cm³/mol. The van der Waals surface area contributed by atoms with Crippen LogP contribution in [0.4, 0.5) is 5.69 Å². The van der Waals surface area contributed by atoms with Crippen molar-refractivity contribution in [2.45, 2.75) is 12.0 Å². The Morgan fingerprint density at radius 1 is 1.05 bits per heavy atom. The van der Waals surface area contributed by atoms with Crippen molar-refractivity contribution in [1.82, 2.24) is 0 Å². The molecular weight excluding hydrogens is 272 g/mol. The molecule has 0 spiro atoms. The lowest BCUT2D eigenvalue weighted by atomic mass is 9.89. The molecule has 2 aromatic carbocycles. The summed E-state index contributed by atoms with van der Waals surface area (Å²) in [6.07, 6.45) is 6.37. The number of aliphatic imine (C=N–C) groups is 1. The van der Waals surface area contributed by atoms with Crippen molar-refractivity contribution in [2.24, 2.45) is 4.99 Å². The zero-order chi connectivity index (χ0) is 15.0. The fraction of sp³-hybridized carbons (Fsp3) is 0.158. The molecule has 2 aliphatic rings. The summed E-state index contributed by atoms with van der Waals surface area (Å²) < 4.78 is 0. The Labute approximate surface area is 129 Å². The van der Waals surface area contributed by atoms with Gasteiger partial charge in [-0.05, 0) is 35.8 Å². The highest BCUT2D eigenvalue weighted by Crippen LogP contribution is 2.37. The van der Waals surface area contributed by atoms with Gasteiger partial charge < -0.3 is 4.90 Å². The molecule has 1 unspecified atom stereocenters. The fourth-order valence-corrected chi connectivity index (χ4v) is 3.25. The van der Waals surface area contributed by atoms with Gasteiger partial charge in [-0.15, -0.1) is 0 Å². The standard InChI is InChI=1S/C19H16N2O/c22-18(21-14-11-15-7-4-5-10-17(15)21)19(12-6-13-20-19)16-8-2-1-3-9-16/h1-10,12-13H,11,14H2. The zero-order valence-corrected chi connectivity index (χ0v) is 12.1.